The first-order valence-electron chi connectivity index (χ1n) is 14.6. The second-order valence-corrected chi connectivity index (χ2v) is 25.5. The van der Waals surface area contributed by atoms with Gasteiger partial charge in [0.1, 0.15) is 6.10 Å². The Balaban J connectivity index is 2.37. The van der Waals surface area contributed by atoms with Crippen LogP contribution in [0.15, 0.2) is 26.9 Å². The second kappa shape index (κ2) is 11.9. The van der Waals surface area contributed by atoms with Crippen molar-refractivity contribution in [1.82, 2.24) is 14.5 Å². The SMILES string of the molecule is COC(=O)CCNC1=CS(=O)(=O)OC12C(O[Si](C)(C)C(C)(C)C)O[C@@H](n1cc(C)c(=O)n(C)c1=O)C2O[Si](C)(C)C(C)(C)C. The molecule has 1 aromatic rings. The minimum Gasteiger partial charge on any atom is -0.469 e. The first-order chi connectivity index (χ1) is 19.8. The molecule has 0 saturated carbocycles. The van der Waals surface area contributed by atoms with Gasteiger partial charge in [0, 0.05) is 25.4 Å². The van der Waals surface area contributed by atoms with E-state index in [-0.39, 0.29) is 34.3 Å². The standard InChI is InChI=1S/C28H49N3O10SSi2/c1-18-16-31(25(34)30(8)22(18)33)23-21(39-43(10,11)26(2,3)4)28(24(38-23)40-44(12,13)27(5,6)7)19(17-42(35,36)41-28)29-15-14-20(32)37-9/h16-17,21,23-24,29H,14-15H2,1-13H3/t21?,23-,24?,28?/m1/s1. The largest absolute Gasteiger partial charge is 0.469 e. The monoisotopic (exact) mass is 675 g/mol. The third-order valence-electron chi connectivity index (χ3n) is 9.30. The summed E-state index contributed by atoms with van der Waals surface area (Å²) in [6, 6.07) is 0. The zero-order valence-electron chi connectivity index (χ0n) is 28.2. The fourth-order valence-electron chi connectivity index (χ4n) is 4.53. The van der Waals surface area contributed by atoms with Crippen LogP contribution in [0.1, 0.15) is 59.8 Å². The predicted octanol–water partition coefficient (Wildman–Crippen LogP) is 3.22. The van der Waals surface area contributed by atoms with E-state index in [0.29, 0.717) is 0 Å². The number of nitrogens with zero attached hydrogens (tertiary/aromatic N) is 2. The molecule has 2 aliphatic rings. The van der Waals surface area contributed by atoms with Crippen LogP contribution in [0, 0.1) is 6.92 Å². The second-order valence-electron chi connectivity index (χ2n) is 14.6. The number of esters is 1. The number of carbonyl (C=O) groups excluding carboxylic acids is 1. The molecule has 3 heterocycles. The van der Waals surface area contributed by atoms with Gasteiger partial charge in [-0.1, -0.05) is 41.5 Å². The number of hydrogen-bond acceptors (Lipinski definition) is 11. The summed E-state index contributed by atoms with van der Waals surface area (Å²) >= 11 is 0. The summed E-state index contributed by atoms with van der Waals surface area (Å²) in [7, 11) is -7.17. The Labute approximate surface area is 262 Å². The number of nitrogens with one attached hydrogen (secondary N) is 1. The fraction of sp³-hybridized carbons (Fsp3) is 0.750. The smallest absolute Gasteiger partial charge is 0.332 e. The van der Waals surface area contributed by atoms with Gasteiger partial charge in [0.15, 0.2) is 29.2 Å². The van der Waals surface area contributed by atoms with Crippen LogP contribution in [0.2, 0.25) is 36.3 Å². The Bertz CT molecular complexity index is 1540. The molecule has 1 aromatic heterocycles. The van der Waals surface area contributed by atoms with Crippen LogP contribution in [-0.2, 0) is 44.5 Å². The van der Waals surface area contributed by atoms with Crippen molar-refractivity contribution in [3.05, 3.63) is 43.7 Å². The number of rotatable bonds is 9. The lowest BCUT2D eigenvalue weighted by Crippen LogP contribution is -2.61. The lowest BCUT2D eigenvalue weighted by Gasteiger charge is -2.45. The van der Waals surface area contributed by atoms with Crippen molar-refractivity contribution < 1.29 is 35.7 Å². The Morgan fingerprint density at radius 1 is 1.05 bits per heavy atom. The first-order valence-corrected chi connectivity index (χ1v) is 21.9. The Hall–Kier alpha value is -2.09. The van der Waals surface area contributed by atoms with E-state index in [1.807, 2.05) is 67.7 Å². The number of ether oxygens (including phenoxy) is 2. The minimum atomic E-state index is -4.32. The van der Waals surface area contributed by atoms with Gasteiger partial charge in [0.05, 0.1) is 24.6 Å². The molecule has 13 nitrogen and oxygen atoms in total. The molecule has 1 spiro atoms. The third kappa shape index (κ3) is 6.71. The molecule has 1 saturated heterocycles. The third-order valence-corrected chi connectivity index (χ3v) is 19.2. The van der Waals surface area contributed by atoms with E-state index in [1.54, 1.807) is 6.92 Å². The Morgan fingerprint density at radius 3 is 2.11 bits per heavy atom. The predicted molar refractivity (Wildman–Crippen MR) is 170 cm³/mol. The normalized spacial score (nSPS) is 25.8. The zero-order valence-corrected chi connectivity index (χ0v) is 31.0. The molecule has 3 rings (SSSR count). The highest BCUT2D eigenvalue weighted by atomic mass is 32.2. The van der Waals surface area contributed by atoms with Gasteiger partial charge in [-0.25, -0.2) is 8.98 Å². The van der Waals surface area contributed by atoms with E-state index in [0.717, 1.165) is 9.98 Å². The minimum absolute atomic E-state index is 0.0162. The van der Waals surface area contributed by atoms with Crippen molar-refractivity contribution in [3.8, 4) is 0 Å². The molecular weight excluding hydrogens is 627 g/mol. The van der Waals surface area contributed by atoms with E-state index < -0.39 is 68.2 Å². The Kier molecular flexibility index (Phi) is 9.87. The number of methoxy groups -OCH3 is 1. The van der Waals surface area contributed by atoms with E-state index in [2.05, 4.69) is 5.32 Å². The molecule has 0 bridgehead atoms. The maximum Gasteiger partial charge on any atom is 0.332 e. The van der Waals surface area contributed by atoms with Crippen molar-refractivity contribution >= 4 is 32.7 Å². The molecule has 4 atom stereocenters. The molecular formula is C28H49N3O10SSi2. The summed E-state index contributed by atoms with van der Waals surface area (Å²) in [5.41, 5.74) is -2.73. The average molecular weight is 676 g/mol. The molecule has 3 unspecified atom stereocenters. The van der Waals surface area contributed by atoms with Crippen molar-refractivity contribution in [3.63, 3.8) is 0 Å². The van der Waals surface area contributed by atoms with E-state index in [9.17, 15) is 22.8 Å². The van der Waals surface area contributed by atoms with Crippen molar-refractivity contribution in [2.75, 3.05) is 13.7 Å². The molecule has 1 fully saturated rings. The molecule has 16 heteroatoms. The van der Waals surface area contributed by atoms with Crippen LogP contribution in [0.4, 0.5) is 0 Å². The number of aryl methyl sites for hydroxylation is 1. The highest BCUT2D eigenvalue weighted by Crippen LogP contribution is 2.54. The Morgan fingerprint density at radius 2 is 1.59 bits per heavy atom. The van der Waals surface area contributed by atoms with Gasteiger partial charge in [0.25, 0.3) is 15.7 Å². The highest BCUT2D eigenvalue weighted by Gasteiger charge is 2.69. The van der Waals surface area contributed by atoms with Crippen molar-refractivity contribution in [2.45, 2.75) is 115 Å². The molecule has 0 aromatic carbocycles. The maximum absolute atomic E-state index is 13.6. The topological polar surface area (TPSA) is 153 Å². The maximum atomic E-state index is 13.6. The van der Waals surface area contributed by atoms with Crippen molar-refractivity contribution in [1.29, 1.82) is 0 Å². The number of hydrogen-bond donors (Lipinski definition) is 1. The average Bonchev–Trinajstić information content (AvgIpc) is 3.30. The molecule has 0 aliphatic carbocycles. The van der Waals surface area contributed by atoms with E-state index in [4.69, 9.17) is 22.5 Å². The van der Waals surface area contributed by atoms with Gasteiger partial charge in [-0.3, -0.25) is 18.7 Å². The summed E-state index contributed by atoms with van der Waals surface area (Å²) in [4.78, 5) is 38.2. The summed E-state index contributed by atoms with van der Waals surface area (Å²) < 4.78 is 60.0. The van der Waals surface area contributed by atoms with E-state index >= 15 is 0 Å². The lowest BCUT2D eigenvalue weighted by molar-refractivity contribution is -0.148. The molecule has 44 heavy (non-hydrogen) atoms. The number of carbonyl (C=O) groups is 1. The van der Waals surface area contributed by atoms with Crippen LogP contribution in [-0.4, -0.2) is 71.8 Å². The molecule has 0 amide bonds. The summed E-state index contributed by atoms with van der Waals surface area (Å²) in [6.07, 6.45) is -2.52. The quantitative estimate of drug-likeness (QED) is 0.233. The summed E-state index contributed by atoms with van der Waals surface area (Å²) in [6.45, 7) is 21.7. The van der Waals surface area contributed by atoms with Crippen molar-refractivity contribution in [2.24, 2.45) is 7.05 Å². The zero-order chi connectivity index (χ0) is 33.8. The van der Waals surface area contributed by atoms with Crippen LogP contribution in [0.5, 0.6) is 0 Å². The van der Waals surface area contributed by atoms with E-state index in [1.165, 1.54) is 24.9 Å². The summed E-state index contributed by atoms with van der Waals surface area (Å²) in [5.74, 6) is -0.496. The van der Waals surface area contributed by atoms with Crippen LogP contribution >= 0.6 is 0 Å². The highest BCUT2D eigenvalue weighted by molar-refractivity contribution is 7.90. The first kappa shape index (κ1) is 36.4. The van der Waals surface area contributed by atoms with Gasteiger partial charge >= 0.3 is 11.7 Å². The fourth-order valence-corrected chi connectivity index (χ4v) is 8.18. The van der Waals surface area contributed by atoms with Gasteiger partial charge in [0.2, 0.25) is 5.60 Å². The summed E-state index contributed by atoms with van der Waals surface area (Å²) in [5, 5.41) is 3.35. The van der Waals surface area contributed by atoms with Gasteiger partial charge in [-0.15, -0.1) is 0 Å². The lowest BCUT2D eigenvalue weighted by atomic mass is 9.93. The van der Waals surface area contributed by atoms with Crippen LogP contribution in [0.3, 0.4) is 0 Å². The molecule has 1 N–H and O–H groups in total. The molecule has 2 aliphatic heterocycles. The van der Waals surface area contributed by atoms with Gasteiger partial charge in [-0.2, -0.15) is 8.42 Å². The van der Waals surface area contributed by atoms with Gasteiger partial charge in [-0.05, 0) is 43.2 Å². The van der Waals surface area contributed by atoms with Gasteiger partial charge < -0.3 is 23.6 Å². The molecule has 0 radical (unpaired) electrons. The van der Waals surface area contributed by atoms with Crippen LogP contribution in [0.25, 0.3) is 0 Å². The molecule has 250 valence electrons. The number of aromatic nitrogens is 2. The van der Waals surface area contributed by atoms with Crippen LogP contribution < -0.4 is 16.6 Å².